The van der Waals surface area contributed by atoms with Crippen molar-refractivity contribution in [3.05, 3.63) is 78.1 Å². The fourth-order valence-electron chi connectivity index (χ4n) is 3.31. The van der Waals surface area contributed by atoms with Gasteiger partial charge in [0.05, 0.1) is 0 Å². The molecule has 29 heavy (non-hydrogen) atoms. The molecule has 1 amide bonds. The van der Waals surface area contributed by atoms with Gasteiger partial charge in [0.25, 0.3) is 5.91 Å². The quantitative estimate of drug-likeness (QED) is 0.470. The molecule has 6 nitrogen and oxygen atoms in total. The third kappa shape index (κ3) is 3.15. The molecule has 0 unspecified atom stereocenters. The lowest BCUT2D eigenvalue weighted by molar-refractivity contribution is 0.102. The van der Waals surface area contributed by atoms with Crippen molar-refractivity contribution >= 4 is 38.7 Å². The van der Waals surface area contributed by atoms with Gasteiger partial charge in [0.2, 0.25) is 4.96 Å². The largest absolute Gasteiger partial charge is 0.322 e. The van der Waals surface area contributed by atoms with Crippen LogP contribution in [0.5, 0.6) is 0 Å². The highest BCUT2D eigenvalue weighted by atomic mass is 32.1. The van der Waals surface area contributed by atoms with Crippen LogP contribution in [0.2, 0.25) is 0 Å². The normalized spacial score (nSPS) is 11.2. The van der Waals surface area contributed by atoms with Gasteiger partial charge in [-0.1, -0.05) is 54.7 Å². The molecule has 0 bridgehead atoms. The van der Waals surface area contributed by atoms with Gasteiger partial charge in [-0.15, -0.1) is 10.2 Å². The van der Waals surface area contributed by atoms with Crippen LogP contribution in [0.15, 0.2) is 66.7 Å². The van der Waals surface area contributed by atoms with Crippen molar-refractivity contribution in [3.8, 4) is 10.6 Å². The van der Waals surface area contributed by atoms with Crippen LogP contribution in [0.4, 0.5) is 5.69 Å². The predicted octanol–water partition coefficient (Wildman–Crippen LogP) is 4.82. The van der Waals surface area contributed by atoms with E-state index in [9.17, 15) is 4.79 Å². The number of rotatable bonds is 4. The van der Waals surface area contributed by atoms with Crippen LogP contribution in [-0.2, 0) is 6.42 Å². The maximum absolute atomic E-state index is 12.8. The lowest BCUT2D eigenvalue weighted by atomic mass is 10.0. The number of hydrogen-bond donors (Lipinski definition) is 1. The molecule has 5 rings (SSSR count). The van der Waals surface area contributed by atoms with Gasteiger partial charge in [-0.3, -0.25) is 4.79 Å². The molecule has 0 atom stereocenters. The number of fused-ring (bicyclic) bond motifs is 2. The maximum atomic E-state index is 12.8. The first-order chi connectivity index (χ1) is 14.2. The summed E-state index contributed by atoms with van der Waals surface area (Å²) in [6.45, 7) is 2.03. The summed E-state index contributed by atoms with van der Waals surface area (Å²) in [5.74, 6) is 0.724. The summed E-state index contributed by atoms with van der Waals surface area (Å²) in [7, 11) is 0. The Kier molecular flexibility index (Phi) is 4.29. The molecule has 2 aromatic heterocycles. The molecule has 0 aliphatic heterocycles. The highest BCUT2D eigenvalue weighted by Crippen LogP contribution is 2.27. The van der Waals surface area contributed by atoms with Crippen LogP contribution in [-0.4, -0.2) is 25.7 Å². The van der Waals surface area contributed by atoms with Crippen molar-refractivity contribution < 1.29 is 4.79 Å². The number of carbonyl (C=O) groups excluding carboxylic acids is 1. The summed E-state index contributed by atoms with van der Waals surface area (Å²) in [5.41, 5.74) is 2.38. The summed E-state index contributed by atoms with van der Waals surface area (Å²) in [6.07, 6.45) is 0.781. The summed E-state index contributed by atoms with van der Waals surface area (Å²) >= 11 is 1.50. The van der Waals surface area contributed by atoms with E-state index in [1.54, 1.807) is 4.52 Å². The molecule has 3 aromatic carbocycles. The van der Waals surface area contributed by atoms with E-state index in [1.165, 1.54) is 11.3 Å². The van der Waals surface area contributed by atoms with Crippen LogP contribution in [0.25, 0.3) is 26.3 Å². The summed E-state index contributed by atoms with van der Waals surface area (Å²) < 4.78 is 1.79. The Bertz CT molecular complexity index is 1330. The standard InChI is InChI=1S/C22H17N5OS/c1-2-19-24-25-22-27(19)26-21(29-22)15-10-12-16(13-11-15)23-20(28)18-9-5-7-14-6-3-4-8-17(14)18/h3-13H,2H2,1H3,(H,23,28). The molecule has 0 fully saturated rings. The number of carbonyl (C=O) groups is 1. The van der Waals surface area contributed by atoms with Crippen LogP contribution >= 0.6 is 11.3 Å². The minimum absolute atomic E-state index is 0.124. The van der Waals surface area contributed by atoms with Crippen molar-refractivity contribution in [3.63, 3.8) is 0 Å². The zero-order valence-electron chi connectivity index (χ0n) is 15.7. The molecule has 0 saturated heterocycles. The number of aryl methyl sites for hydroxylation is 1. The van der Waals surface area contributed by atoms with Crippen LogP contribution in [0.1, 0.15) is 23.1 Å². The fourth-order valence-corrected chi connectivity index (χ4v) is 4.18. The van der Waals surface area contributed by atoms with Crippen molar-refractivity contribution in [2.75, 3.05) is 5.32 Å². The molecule has 0 saturated carbocycles. The van der Waals surface area contributed by atoms with E-state index in [4.69, 9.17) is 0 Å². The summed E-state index contributed by atoms with van der Waals surface area (Å²) in [4.78, 5) is 13.6. The third-order valence-corrected chi connectivity index (χ3v) is 5.74. The lowest BCUT2D eigenvalue weighted by Gasteiger charge is -2.08. The van der Waals surface area contributed by atoms with Crippen LogP contribution < -0.4 is 5.32 Å². The molecule has 0 radical (unpaired) electrons. The van der Waals surface area contributed by atoms with Crippen molar-refractivity contribution in [2.24, 2.45) is 0 Å². The minimum atomic E-state index is -0.124. The Balaban J connectivity index is 1.39. The van der Waals surface area contributed by atoms with Gasteiger partial charge in [-0.2, -0.15) is 9.61 Å². The second-order valence-corrected chi connectivity index (χ2v) is 7.59. The van der Waals surface area contributed by atoms with Gasteiger partial charge in [-0.05, 0) is 41.1 Å². The Morgan fingerprint density at radius 3 is 2.62 bits per heavy atom. The second kappa shape index (κ2) is 7.10. The first kappa shape index (κ1) is 17.5. The number of nitrogens with zero attached hydrogens (tertiary/aromatic N) is 4. The Morgan fingerprint density at radius 1 is 1.00 bits per heavy atom. The molecule has 1 N–H and O–H groups in total. The van der Waals surface area contributed by atoms with Gasteiger partial charge >= 0.3 is 0 Å². The van der Waals surface area contributed by atoms with Gasteiger partial charge in [0, 0.05) is 23.2 Å². The third-order valence-electron chi connectivity index (χ3n) is 4.80. The zero-order chi connectivity index (χ0) is 19.8. The number of benzene rings is 3. The molecular formula is C22H17N5OS. The summed E-state index contributed by atoms with van der Waals surface area (Å²) in [5, 5.41) is 18.7. The van der Waals surface area contributed by atoms with Crippen LogP contribution in [0.3, 0.4) is 0 Å². The van der Waals surface area contributed by atoms with Gasteiger partial charge < -0.3 is 5.32 Å². The molecular weight excluding hydrogens is 382 g/mol. The number of anilines is 1. The van der Waals surface area contributed by atoms with E-state index >= 15 is 0 Å². The zero-order valence-corrected chi connectivity index (χ0v) is 16.5. The predicted molar refractivity (Wildman–Crippen MR) is 115 cm³/mol. The number of nitrogens with one attached hydrogen (secondary N) is 1. The highest BCUT2D eigenvalue weighted by Gasteiger charge is 2.13. The first-order valence-corrected chi connectivity index (χ1v) is 10.2. The lowest BCUT2D eigenvalue weighted by Crippen LogP contribution is -2.12. The molecule has 5 aromatic rings. The Labute approximate surface area is 170 Å². The molecule has 0 spiro atoms. The molecule has 142 valence electrons. The van der Waals surface area contributed by atoms with E-state index in [0.29, 0.717) is 5.56 Å². The van der Waals surface area contributed by atoms with Crippen molar-refractivity contribution in [1.29, 1.82) is 0 Å². The molecule has 0 aliphatic carbocycles. The second-order valence-electron chi connectivity index (χ2n) is 6.63. The molecule has 2 heterocycles. The van der Waals surface area contributed by atoms with Gasteiger partial charge in [-0.25, -0.2) is 0 Å². The summed E-state index contributed by atoms with van der Waals surface area (Å²) in [6, 6.07) is 21.3. The fraction of sp³-hybridized carbons (Fsp3) is 0.0909. The molecule has 7 heteroatoms. The monoisotopic (exact) mass is 399 g/mol. The average Bonchev–Trinajstić information content (AvgIpc) is 3.34. The van der Waals surface area contributed by atoms with Crippen LogP contribution in [0, 0.1) is 0 Å². The Morgan fingerprint density at radius 2 is 1.79 bits per heavy atom. The average molecular weight is 399 g/mol. The van der Waals surface area contributed by atoms with Gasteiger partial charge in [0.1, 0.15) is 5.01 Å². The van der Waals surface area contributed by atoms with E-state index in [2.05, 4.69) is 20.6 Å². The number of aromatic nitrogens is 4. The van der Waals surface area contributed by atoms with E-state index in [1.807, 2.05) is 73.7 Å². The smallest absolute Gasteiger partial charge is 0.256 e. The van der Waals surface area contributed by atoms with Gasteiger partial charge in [0.15, 0.2) is 5.82 Å². The van der Waals surface area contributed by atoms with E-state index in [-0.39, 0.29) is 5.91 Å². The highest BCUT2D eigenvalue weighted by molar-refractivity contribution is 7.19. The number of hydrogen-bond acceptors (Lipinski definition) is 5. The first-order valence-electron chi connectivity index (χ1n) is 9.33. The SMILES string of the molecule is CCc1nnc2sc(-c3ccc(NC(=O)c4cccc5ccccc45)cc3)nn12. The minimum Gasteiger partial charge on any atom is -0.322 e. The van der Waals surface area contributed by atoms with Crippen molar-refractivity contribution in [2.45, 2.75) is 13.3 Å². The van der Waals surface area contributed by atoms with E-state index < -0.39 is 0 Å². The molecule has 0 aliphatic rings. The maximum Gasteiger partial charge on any atom is 0.256 e. The topological polar surface area (TPSA) is 72.2 Å². The van der Waals surface area contributed by atoms with Crippen molar-refractivity contribution in [1.82, 2.24) is 19.8 Å². The Hall–Kier alpha value is -3.58. The number of amides is 1. The van der Waals surface area contributed by atoms with E-state index in [0.717, 1.165) is 44.2 Å².